The van der Waals surface area contributed by atoms with Gasteiger partial charge in [0.2, 0.25) is 5.95 Å². The summed E-state index contributed by atoms with van der Waals surface area (Å²) in [7, 11) is 0. The van der Waals surface area contributed by atoms with E-state index in [4.69, 9.17) is 0 Å². The second-order valence-electron chi connectivity index (χ2n) is 4.53. The highest BCUT2D eigenvalue weighted by Gasteiger charge is 2.23. The topological polar surface area (TPSA) is 42.7 Å². The van der Waals surface area contributed by atoms with Crippen LogP contribution in [0.2, 0.25) is 0 Å². The van der Waals surface area contributed by atoms with Crippen LogP contribution in [0.4, 0.5) is 5.95 Å². The lowest BCUT2D eigenvalue weighted by molar-refractivity contribution is 0.642. The SMILES string of the molecule is CC(c1ccncc1)n1ccnc1NC1CC1. The molecule has 0 saturated heterocycles. The summed E-state index contributed by atoms with van der Waals surface area (Å²) < 4.78 is 2.17. The van der Waals surface area contributed by atoms with Crippen LogP contribution in [0.1, 0.15) is 31.4 Å². The summed E-state index contributed by atoms with van der Waals surface area (Å²) in [6.45, 7) is 2.18. The third-order valence-corrected chi connectivity index (χ3v) is 3.18. The minimum atomic E-state index is 0.279. The first kappa shape index (κ1) is 10.3. The Balaban J connectivity index is 1.85. The molecule has 0 amide bonds. The number of hydrogen-bond donors (Lipinski definition) is 1. The van der Waals surface area contributed by atoms with Crippen molar-refractivity contribution in [3.05, 3.63) is 42.5 Å². The minimum Gasteiger partial charge on any atom is -0.353 e. The van der Waals surface area contributed by atoms with Crippen molar-refractivity contribution in [2.24, 2.45) is 0 Å². The predicted molar refractivity (Wildman–Crippen MR) is 66.9 cm³/mol. The van der Waals surface area contributed by atoms with Gasteiger partial charge in [-0.15, -0.1) is 0 Å². The standard InChI is InChI=1S/C13H16N4/c1-10(11-4-6-14-7-5-11)17-9-8-15-13(17)16-12-2-3-12/h4-10,12H,2-3H2,1H3,(H,15,16). The number of rotatable bonds is 4. The van der Waals surface area contributed by atoms with Crippen molar-refractivity contribution in [1.82, 2.24) is 14.5 Å². The van der Waals surface area contributed by atoms with Crippen molar-refractivity contribution in [3.8, 4) is 0 Å². The van der Waals surface area contributed by atoms with Crippen LogP contribution in [0, 0.1) is 0 Å². The number of aromatic nitrogens is 3. The molecule has 2 heterocycles. The van der Waals surface area contributed by atoms with E-state index in [0.29, 0.717) is 6.04 Å². The van der Waals surface area contributed by atoms with E-state index in [2.05, 4.69) is 26.8 Å². The number of imidazole rings is 1. The lowest BCUT2D eigenvalue weighted by Gasteiger charge is -2.17. The zero-order valence-corrected chi connectivity index (χ0v) is 9.87. The van der Waals surface area contributed by atoms with Gasteiger partial charge in [0.05, 0.1) is 6.04 Å². The molecule has 1 fully saturated rings. The Morgan fingerprint density at radius 2 is 2.06 bits per heavy atom. The lowest BCUT2D eigenvalue weighted by Crippen LogP contribution is -2.12. The summed E-state index contributed by atoms with van der Waals surface area (Å²) in [5, 5.41) is 3.45. The van der Waals surface area contributed by atoms with Gasteiger partial charge in [0.15, 0.2) is 0 Å². The molecule has 0 aliphatic heterocycles. The van der Waals surface area contributed by atoms with Gasteiger partial charge in [-0.2, -0.15) is 0 Å². The van der Waals surface area contributed by atoms with E-state index in [9.17, 15) is 0 Å². The molecular formula is C13H16N4. The molecule has 4 heteroatoms. The Bertz CT molecular complexity index is 487. The number of nitrogens with one attached hydrogen (secondary N) is 1. The molecule has 0 spiro atoms. The summed E-state index contributed by atoms with van der Waals surface area (Å²) in [5.74, 6) is 0.969. The summed E-state index contributed by atoms with van der Waals surface area (Å²) in [4.78, 5) is 8.43. The van der Waals surface area contributed by atoms with Gasteiger partial charge in [0.25, 0.3) is 0 Å². The highest BCUT2D eigenvalue weighted by atomic mass is 15.2. The molecule has 1 N–H and O–H groups in total. The van der Waals surface area contributed by atoms with Crippen molar-refractivity contribution in [2.45, 2.75) is 31.8 Å². The monoisotopic (exact) mass is 228 g/mol. The fraction of sp³-hybridized carbons (Fsp3) is 0.385. The van der Waals surface area contributed by atoms with Crippen molar-refractivity contribution in [1.29, 1.82) is 0 Å². The van der Waals surface area contributed by atoms with E-state index >= 15 is 0 Å². The average molecular weight is 228 g/mol. The molecule has 1 aliphatic carbocycles. The molecule has 0 aromatic carbocycles. The molecule has 4 nitrogen and oxygen atoms in total. The van der Waals surface area contributed by atoms with Crippen LogP contribution in [0.25, 0.3) is 0 Å². The van der Waals surface area contributed by atoms with E-state index in [1.807, 2.05) is 36.9 Å². The van der Waals surface area contributed by atoms with Gasteiger partial charge in [-0.3, -0.25) is 4.98 Å². The zero-order chi connectivity index (χ0) is 11.7. The smallest absolute Gasteiger partial charge is 0.203 e. The van der Waals surface area contributed by atoms with Crippen LogP contribution < -0.4 is 5.32 Å². The molecule has 0 bridgehead atoms. The summed E-state index contributed by atoms with van der Waals surface area (Å²) in [6.07, 6.45) is 10.1. The van der Waals surface area contributed by atoms with Gasteiger partial charge >= 0.3 is 0 Å². The first-order valence-electron chi connectivity index (χ1n) is 6.04. The van der Waals surface area contributed by atoms with Crippen LogP contribution in [0.3, 0.4) is 0 Å². The molecule has 2 aromatic rings. The highest BCUT2D eigenvalue weighted by Crippen LogP contribution is 2.26. The first-order chi connectivity index (χ1) is 8.34. The maximum atomic E-state index is 4.38. The van der Waals surface area contributed by atoms with Crippen molar-refractivity contribution >= 4 is 5.95 Å². The molecule has 2 aromatic heterocycles. The van der Waals surface area contributed by atoms with Crippen molar-refractivity contribution in [3.63, 3.8) is 0 Å². The van der Waals surface area contributed by atoms with Gasteiger partial charge in [0, 0.05) is 30.8 Å². The molecule has 0 radical (unpaired) electrons. The first-order valence-corrected chi connectivity index (χ1v) is 6.04. The van der Waals surface area contributed by atoms with Gasteiger partial charge in [0.1, 0.15) is 0 Å². The molecular weight excluding hydrogens is 212 g/mol. The van der Waals surface area contributed by atoms with Crippen molar-refractivity contribution < 1.29 is 0 Å². The van der Waals surface area contributed by atoms with E-state index in [1.54, 1.807) is 0 Å². The van der Waals surface area contributed by atoms with E-state index < -0.39 is 0 Å². The van der Waals surface area contributed by atoms with Gasteiger partial charge in [-0.1, -0.05) is 0 Å². The molecule has 3 rings (SSSR count). The Morgan fingerprint density at radius 3 is 2.76 bits per heavy atom. The van der Waals surface area contributed by atoms with Gasteiger partial charge in [-0.25, -0.2) is 4.98 Å². The Hall–Kier alpha value is -1.84. The second kappa shape index (κ2) is 4.20. The lowest BCUT2D eigenvalue weighted by atomic mass is 10.1. The Morgan fingerprint density at radius 1 is 1.29 bits per heavy atom. The number of hydrogen-bond acceptors (Lipinski definition) is 3. The maximum absolute atomic E-state index is 4.38. The summed E-state index contributed by atoms with van der Waals surface area (Å²) in [6, 6.07) is 5.00. The Kier molecular flexibility index (Phi) is 2.55. The maximum Gasteiger partial charge on any atom is 0.203 e. The van der Waals surface area contributed by atoms with Gasteiger partial charge < -0.3 is 9.88 Å². The van der Waals surface area contributed by atoms with Gasteiger partial charge in [-0.05, 0) is 37.5 Å². The predicted octanol–water partition coefficient (Wildman–Crippen LogP) is 2.46. The normalized spacial score (nSPS) is 16.8. The van der Waals surface area contributed by atoms with Crippen LogP contribution in [-0.2, 0) is 0 Å². The van der Waals surface area contributed by atoms with Crippen LogP contribution in [0.15, 0.2) is 36.9 Å². The third-order valence-electron chi connectivity index (χ3n) is 3.18. The number of nitrogens with zero attached hydrogens (tertiary/aromatic N) is 3. The zero-order valence-electron chi connectivity index (χ0n) is 9.87. The molecule has 88 valence electrons. The molecule has 1 unspecified atom stereocenters. The number of anilines is 1. The van der Waals surface area contributed by atoms with Crippen molar-refractivity contribution in [2.75, 3.05) is 5.32 Å². The third kappa shape index (κ3) is 2.16. The fourth-order valence-electron chi connectivity index (χ4n) is 1.95. The van der Waals surface area contributed by atoms with Crippen LogP contribution >= 0.6 is 0 Å². The van der Waals surface area contributed by atoms with Crippen LogP contribution in [-0.4, -0.2) is 20.6 Å². The Labute approximate surface area is 101 Å². The second-order valence-corrected chi connectivity index (χ2v) is 4.53. The van der Waals surface area contributed by atoms with Crippen LogP contribution in [0.5, 0.6) is 0 Å². The summed E-state index contributed by atoms with van der Waals surface area (Å²) >= 11 is 0. The molecule has 1 atom stereocenters. The molecule has 17 heavy (non-hydrogen) atoms. The quantitative estimate of drug-likeness (QED) is 0.874. The highest BCUT2D eigenvalue weighted by molar-refractivity contribution is 5.32. The minimum absolute atomic E-state index is 0.279. The average Bonchev–Trinajstić information content (AvgIpc) is 3.06. The number of pyridine rings is 1. The van der Waals surface area contributed by atoms with E-state index in [-0.39, 0.29) is 6.04 Å². The largest absolute Gasteiger partial charge is 0.353 e. The molecule has 1 aliphatic rings. The fourth-order valence-corrected chi connectivity index (χ4v) is 1.95. The molecule has 1 saturated carbocycles. The summed E-state index contributed by atoms with van der Waals surface area (Å²) in [5.41, 5.74) is 1.25. The van der Waals surface area contributed by atoms with E-state index in [0.717, 1.165) is 5.95 Å². The van der Waals surface area contributed by atoms with E-state index in [1.165, 1.54) is 18.4 Å².